The fourth-order valence-corrected chi connectivity index (χ4v) is 3.21. The molecule has 0 spiro atoms. The van der Waals surface area contributed by atoms with E-state index in [-0.39, 0.29) is 18.2 Å². The van der Waals surface area contributed by atoms with Gasteiger partial charge in [-0.1, -0.05) is 12.1 Å². The molecule has 1 aromatic carbocycles. The van der Waals surface area contributed by atoms with Gasteiger partial charge in [-0.15, -0.1) is 0 Å². The quantitative estimate of drug-likeness (QED) is 0.826. The van der Waals surface area contributed by atoms with E-state index in [0.29, 0.717) is 18.5 Å². The highest BCUT2D eigenvalue weighted by Gasteiger charge is 2.38. The summed E-state index contributed by atoms with van der Waals surface area (Å²) in [6, 6.07) is 7.95. The second-order valence-electron chi connectivity index (χ2n) is 6.14. The van der Waals surface area contributed by atoms with Crippen LogP contribution < -0.4 is 9.80 Å². The predicted octanol–water partition coefficient (Wildman–Crippen LogP) is 1.42. The van der Waals surface area contributed by atoms with Crippen LogP contribution in [0.1, 0.15) is 13.3 Å². The van der Waals surface area contributed by atoms with Crippen LogP contribution in [0.15, 0.2) is 35.7 Å². The summed E-state index contributed by atoms with van der Waals surface area (Å²) in [5.41, 5.74) is 2.51. The zero-order valence-electron chi connectivity index (χ0n) is 13.7. The van der Waals surface area contributed by atoms with E-state index in [2.05, 4.69) is 0 Å². The molecular weight excluding hydrogens is 292 g/mol. The van der Waals surface area contributed by atoms with Crippen molar-refractivity contribution in [3.63, 3.8) is 0 Å². The van der Waals surface area contributed by atoms with E-state index in [9.17, 15) is 9.90 Å². The lowest BCUT2D eigenvalue weighted by molar-refractivity contribution is -0.114. The van der Waals surface area contributed by atoms with Crippen molar-refractivity contribution in [1.82, 2.24) is 4.90 Å². The standard InChI is InChI=1S/C17H22N4O2/c1-11(22)8-9-21-10-14(23)15(16(21)18)17-19(2)12-6-4-5-7-13(12)20(17)3/h4-7,11,18,22H,8-10H2,1-3H3. The van der Waals surface area contributed by atoms with Crippen LogP contribution in [-0.4, -0.2) is 54.9 Å². The number of hydrogen-bond donors (Lipinski definition) is 2. The van der Waals surface area contributed by atoms with E-state index < -0.39 is 6.10 Å². The van der Waals surface area contributed by atoms with Gasteiger partial charge in [0.05, 0.1) is 24.0 Å². The molecule has 2 heterocycles. The monoisotopic (exact) mass is 314 g/mol. The molecule has 1 atom stereocenters. The largest absolute Gasteiger partial charge is 0.393 e. The van der Waals surface area contributed by atoms with Gasteiger partial charge in [-0.05, 0) is 25.5 Å². The van der Waals surface area contributed by atoms with Crippen LogP contribution in [0.4, 0.5) is 11.4 Å². The van der Waals surface area contributed by atoms with Crippen molar-refractivity contribution < 1.29 is 9.90 Å². The molecule has 0 radical (unpaired) electrons. The first-order valence-electron chi connectivity index (χ1n) is 7.77. The highest BCUT2D eigenvalue weighted by Crippen LogP contribution is 2.41. The Morgan fingerprint density at radius 1 is 1.22 bits per heavy atom. The van der Waals surface area contributed by atoms with E-state index in [4.69, 9.17) is 5.41 Å². The van der Waals surface area contributed by atoms with Crippen molar-refractivity contribution >= 4 is 23.0 Å². The number of ketones is 1. The maximum Gasteiger partial charge on any atom is 0.189 e. The maximum absolute atomic E-state index is 12.5. The molecule has 1 fully saturated rings. The van der Waals surface area contributed by atoms with Crippen LogP contribution in [0.2, 0.25) is 0 Å². The highest BCUT2D eigenvalue weighted by molar-refractivity contribution is 6.27. The zero-order chi connectivity index (χ0) is 16.7. The third kappa shape index (κ3) is 2.49. The van der Waals surface area contributed by atoms with E-state index in [1.165, 1.54) is 0 Å². The first-order chi connectivity index (χ1) is 10.9. The molecule has 1 aromatic rings. The van der Waals surface area contributed by atoms with Crippen LogP contribution in [0.5, 0.6) is 0 Å². The molecule has 2 N–H and O–H groups in total. The van der Waals surface area contributed by atoms with Gasteiger partial charge in [0.1, 0.15) is 17.2 Å². The number of nitrogens with zero attached hydrogens (tertiary/aromatic N) is 3. The summed E-state index contributed by atoms with van der Waals surface area (Å²) in [5.74, 6) is 0.958. The minimum atomic E-state index is -0.435. The van der Waals surface area contributed by atoms with Crippen molar-refractivity contribution in [3.05, 3.63) is 35.7 Å². The summed E-state index contributed by atoms with van der Waals surface area (Å²) >= 11 is 0. The van der Waals surface area contributed by atoms with Gasteiger partial charge in [0, 0.05) is 20.6 Å². The number of amidine groups is 1. The molecule has 122 valence electrons. The van der Waals surface area contributed by atoms with E-state index in [0.717, 1.165) is 17.2 Å². The molecule has 2 aliphatic rings. The topological polar surface area (TPSA) is 70.9 Å². The number of likely N-dealkylation sites (tertiary alicyclic amines) is 1. The van der Waals surface area contributed by atoms with Crippen molar-refractivity contribution in [3.8, 4) is 0 Å². The number of rotatable bonds is 3. The Kier molecular flexibility index (Phi) is 3.85. The summed E-state index contributed by atoms with van der Waals surface area (Å²) in [7, 11) is 3.84. The molecule has 0 aliphatic carbocycles. The second kappa shape index (κ2) is 5.70. The average molecular weight is 314 g/mol. The molecule has 1 saturated heterocycles. The number of carbonyl (C=O) groups excluding carboxylic acids is 1. The van der Waals surface area contributed by atoms with Gasteiger partial charge in [0.15, 0.2) is 5.78 Å². The van der Waals surface area contributed by atoms with Gasteiger partial charge in [0.25, 0.3) is 0 Å². The lowest BCUT2D eigenvalue weighted by Crippen LogP contribution is -2.30. The van der Waals surface area contributed by atoms with Crippen LogP contribution >= 0.6 is 0 Å². The fraction of sp³-hybridized carbons (Fsp3) is 0.412. The van der Waals surface area contributed by atoms with E-state index in [1.807, 2.05) is 48.2 Å². The average Bonchev–Trinajstić information content (AvgIpc) is 2.93. The number of Topliss-reactive ketones (excluding diaryl/α,β-unsaturated/α-hetero) is 1. The summed E-state index contributed by atoms with van der Waals surface area (Å²) in [4.78, 5) is 18.2. The SMILES string of the molecule is CC(O)CCN1CC(=O)C(=C2N(C)c3ccccc3N2C)C1=N. The number of benzene rings is 1. The van der Waals surface area contributed by atoms with Gasteiger partial charge < -0.3 is 19.8 Å². The number of carbonyl (C=O) groups is 1. The predicted molar refractivity (Wildman–Crippen MR) is 90.9 cm³/mol. The third-order valence-electron chi connectivity index (χ3n) is 4.45. The van der Waals surface area contributed by atoms with E-state index in [1.54, 1.807) is 11.8 Å². The lowest BCUT2D eigenvalue weighted by atomic mass is 10.2. The number of para-hydroxylation sites is 2. The Morgan fingerprint density at radius 2 is 1.78 bits per heavy atom. The van der Waals surface area contributed by atoms with Gasteiger partial charge in [-0.25, -0.2) is 0 Å². The molecule has 0 amide bonds. The maximum atomic E-state index is 12.5. The summed E-state index contributed by atoms with van der Waals surface area (Å²) < 4.78 is 0. The minimum absolute atomic E-state index is 0.0397. The first kappa shape index (κ1) is 15.6. The number of aliphatic hydroxyl groups excluding tert-OH is 1. The molecule has 3 rings (SSSR count). The van der Waals surface area contributed by atoms with Gasteiger partial charge in [0.2, 0.25) is 0 Å². The van der Waals surface area contributed by atoms with Crippen LogP contribution in [-0.2, 0) is 4.79 Å². The molecule has 1 unspecified atom stereocenters. The Balaban J connectivity index is 1.96. The van der Waals surface area contributed by atoms with Crippen molar-refractivity contribution in [2.75, 3.05) is 37.0 Å². The van der Waals surface area contributed by atoms with Gasteiger partial charge in [-0.2, -0.15) is 0 Å². The summed E-state index contributed by atoms with van der Waals surface area (Å²) in [5, 5.41) is 17.8. The van der Waals surface area contributed by atoms with E-state index >= 15 is 0 Å². The number of aliphatic hydroxyl groups is 1. The van der Waals surface area contributed by atoms with Crippen molar-refractivity contribution in [1.29, 1.82) is 5.41 Å². The number of hydrogen-bond acceptors (Lipinski definition) is 5. The Bertz CT molecular complexity index is 665. The lowest BCUT2D eigenvalue weighted by Gasteiger charge is -2.22. The number of fused-ring (bicyclic) bond motifs is 1. The molecule has 2 aliphatic heterocycles. The Morgan fingerprint density at radius 3 is 2.30 bits per heavy atom. The van der Waals surface area contributed by atoms with Crippen molar-refractivity contribution in [2.45, 2.75) is 19.4 Å². The molecule has 23 heavy (non-hydrogen) atoms. The van der Waals surface area contributed by atoms with Crippen LogP contribution in [0.3, 0.4) is 0 Å². The smallest absolute Gasteiger partial charge is 0.189 e. The number of anilines is 2. The minimum Gasteiger partial charge on any atom is -0.393 e. The van der Waals surface area contributed by atoms with Gasteiger partial charge >= 0.3 is 0 Å². The third-order valence-corrected chi connectivity index (χ3v) is 4.45. The van der Waals surface area contributed by atoms with Crippen LogP contribution in [0, 0.1) is 5.41 Å². The Hall–Kier alpha value is -2.34. The van der Waals surface area contributed by atoms with Crippen LogP contribution in [0.25, 0.3) is 0 Å². The first-order valence-corrected chi connectivity index (χ1v) is 7.77. The molecule has 0 aromatic heterocycles. The van der Waals surface area contributed by atoms with Crippen molar-refractivity contribution in [2.24, 2.45) is 0 Å². The Labute approximate surface area is 136 Å². The molecule has 6 nitrogen and oxygen atoms in total. The molecule has 0 saturated carbocycles. The number of nitrogens with one attached hydrogen (secondary N) is 1. The molecule has 6 heteroatoms. The zero-order valence-corrected chi connectivity index (χ0v) is 13.7. The summed E-state index contributed by atoms with van der Waals surface area (Å²) in [6.07, 6.45) is 0.111. The fourth-order valence-electron chi connectivity index (χ4n) is 3.21. The second-order valence-corrected chi connectivity index (χ2v) is 6.14. The van der Waals surface area contributed by atoms with Gasteiger partial charge in [-0.3, -0.25) is 10.2 Å². The molecule has 0 bridgehead atoms. The molecular formula is C17H22N4O2. The summed E-state index contributed by atoms with van der Waals surface area (Å²) in [6.45, 7) is 2.44. The normalized spacial score (nSPS) is 19.0. The highest BCUT2D eigenvalue weighted by atomic mass is 16.3.